The van der Waals surface area contributed by atoms with Crippen LogP contribution in [0.1, 0.15) is 98.3 Å². The van der Waals surface area contributed by atoms with Crippen LogP contribution in [0, 0.1) is 29.6 Å². The number of nitrogens with two attached hydrogens (primary N) is 1. The minimum atomic E-state index is -0.234. The summed E-state index contributed by atoms with van der Waals surface area (Å²) in [4.78, 5) is 52.0. The van der Waals surface area contributed by atoms with E-state index in [1.165, 1.54) is 32.1 Å². The van der Waals surface area contributed by atoms with Gasteiger partial charge in [-0.25, -0.2) is 0 Å². The maximum atomic E-state index is 12.6. The first kappa shape index (κ1) is 50.4. The smallest absolute Gasteiger partial charge is 0.609 e. The summed E-state index contributed by atoms with van der Waals surface area (Å²) >= 11 is 1.72. The van der Waals surface area contributed by atoms with Crippen molar-refractivity contribution in [1.29, 1.82) is 0 Å². The Morgan fingerprint density at radius 1 is 0.948 bits per heavy atom. The van der Waals surface area contributed by atoms with Gasteiger partial charge in [0.05, 0.1) is 23.7 Å². The van der Waals surface area contributed by atoms with Crippen LogP contribution in [0.15, 0.2) is 41.3 Å². The number of amides is 3. The van der Waals surface area contributed by atoms with Crippen molar-refractivity contribution in [1.82, 2.24) is 15.2 Å². The Hall–Kier alpha value is -1.91. The number of carbonyl (C=O) groups is 3. The molecule has 3 amide bonds. The van der Waals surface area contributed by atoms with Crippen LogP contribution in [-0.4, -0.2) is 92.4 Å². The maximum Gasteiger partial charge on any atom is 1.00 e. The van der Waals surface area contributed by atoms with Gasteiger partial charge in [-0.05, 0) is 117 Å². The summed E-state index contributed by atoms with van der Waals surface area (Å²) in [5.74, 6) is 4.34. The fraction of sp³-hybridized carbons (Fsp3) is 0.682. The van der Waals surface area contributed by atoms with Gasteiger partial charge in [0.2, 0.25) is 18.2 Å². The van der Waals surface area contributed by atoms with E-state index >= 15 is 0 Å². The molecule has 1 saturated heterocycles. The number of pyridine rings is 1. The van der Waals surface area contributed by atoms with E-state index in [1.54, 1.807) is 18.1 Å². The normalized spacial score (nSPS) is 29.3. The van der Waals surface area contributed by atoms with Gasteiger partial charge in [0.15, 0.2) is 5.75 Å². The van der Waals surface area contributed by atoms with Crippen molar-refractivity contribution in [2.24, 2.45) is 35.3 Å². The van der Waals surface area contributed by atoms with E-state index in [0.29, 0.717) is 42.3 Å². The molecule has 6 unspecified atom stereocenters. The third-order valence-electron chi connectivity index (χ3n) is 11.9. The van der Waals surface area contributed by atoms with Crippen LogP contribution in [0.2, 0.25) is 0 Å². The average molecular weight is 849 g/mol. The number of nitrogens with one attached hydrogen (secondary N) is 2. The Kier molecular flexibility index (Phi) is 22.4. The standard InChI is InChI=1S/C19H30N2O2.C12H12N2O2.C8H16O.C4H8NS.CH3NO.K/c1-13-6-3-4-7-15-12-16(15)20-19(23)17-8-5-9-21(17)18(22)11-14(2)10-13;1-14-6-7-16-11-8-4-5-13-12(15)9(8)2-3-10(11)14;1-6-4-8(9-3)5-7(6)2;1-5-6-4-2-3-4;2-1-3;/h4,7,13-17H,3,5-6,8-12H2,1-2H3,(H,20,23);2-5H,6-7H2,1H3,(H,13,15);6-8H,4-5H2,1-3H3;4H,2-3H2,1H3;1H,(H2,2,3);/q;;;-1;;+1/b7-4-;;;;;/t13?,14?,15-,16?,17?;;6-,7?,8?;;;/m1.1.../s1. The molecule has 1 aromatic carbocycles. The molecule has 8 atom stereocenters. The molecule has 3 saturated carbocycles. The second kappa shape index (κ2) is 25.8. The molecule has 4 N–H and O–H groups in total. The molecule has 14 heteroatoms. The number of hydrogen-bond donors (Lipinski definition) is 3. The first-order valence-corrected chi connectivity index (χ1v) is 21.9. The Balaban J connectivity index is 0.000000222. The molecule has 4 fully saturated rings. The van der Waals surface area contributed by atoms with Gasteiger partial charge in [-0.3, -0.25) is 31.1 Å². The van der Waals surface area contributed by atoms with E-state index in [2.05, 4.69) is 65.5 Å². The van der Waals surface area contributed by atoms with Crippen LogP contribution in [0.25, 0.3) is 15.5 Å². The van der Waals surface area contributed by atoms with Gasteiger partial charge in [0.25, 0.3) is 5.56 Å². The Morgan fingerprint density at radius 3 is 2.28 bits per heavy atom. The molecule has 318 valence electrons. The molecule has 0 spiro atoms. The number of ether oxygens (including phenoxy) is 2. The van der Waals surface area contributed by atoms with E-state index in [4.69, 9.17) is 14.3 Å². The number of fused-ring (bicyclic) bond motifs is 5. The molecular formula is C44H69KN6O6S. The van der Waals surface area contributed by atoms with Gasteiger partial charge < -0.3 is 40.0 Å². The quantitative estimate of drug-likeness (QED) is 0.179. The topological polar surface area (TPSA) is 161 Å². The fourth-order valence-corrected chi connectivity index (χ4v) is 8.80. The summed E-state index contributed by atoms with van der Waals surface area (Å²) in [5, 5.41) is 5.61. The van der Waals surface area contributed by atoms with Crippen molar-refractivity contribution in [3.63, 3.8) is 0 Å². The zero-order valence-electron chi connectivity index (χ0n) is 36.4. The summed E-state index contributed by atoms with van der Waals surface area (Å²) in [6.07, 6.45) is 19.1. The van der Waals surface area contributed by atoms with Crippen LogP contribution < -0.4 is 77.6 Å². The van der Waals surface area contributed by atoms with Crippen LogP contribution in [0.5, 0.6) is 5.75 Å². The minimum absolute atomic E-state index is 0. The molecule has 3 aliphatic carbocycles. The number of likely N-dealkylation sites (N-methyl/N-ethyl adjacent to an activating group) is 1. The number of allylic oxidation sites excluding steroid dienone is 1. The SMILES string of the molecule is CC1CC/C=C\[C@@H]2CC2NC(=O)C2CCCN2C(=O)CC(C)C1.CN1CCOc2c1ccc1c(=O)[nH]ccc21.COC1CC(C)[C@H](C)C1.C[N-]SC1CC1.NC=O.[K+]. The van der Waals surface area contributed by atoms with Crippen molar-refractivity contribution in [2.75, 3.05) is 45.8 Å². The van der Waals surface area contributed by atoms with Crippen LogP contribution in [0.4, 0.5) is 5.69 Å². The van der Waals surface area contributed by atoms with Crippen LogP contribution in [0.3, 0.4) is 0 Å². The summed E-state index contributed by atoms with van der Waals surface area (Å²) in [6.45, 7) is 11.4. The monoisotopic (exact) mass is 848 g/mol. The number of nitrogens with zero attached hydrogens (tertiary/aromatic N) is 3. The number of aromatic nitrogens is 1. The third kappa shape index (κ3) is 15.8. The summed E-state index contributed by atoms with van der Waals surface area (Å²) in [7, 11) is 5.69. The molecule has 6 aliphatic rings. The van der Waals surface area contributed by atoms with E-state index in [-0.39, 0.29) is 87.3 Å². The average Bonchev–Trinajstić information content (AvgIpc) is 4.06. The van der Waals surface area contributed by atoms with Crippen molar-refractivity contribution in [3.8, 4) is 5.75 Å². The first-order chi connectivity index (χ1) is 27.4. The second-order valence-electron chi connectivity index (χ2n) is 16.8. The number of primary amides is 1. The van der Waals surface area contributed by atoms with E-state index in [1.807, 2.05) is 44.3 Å². The Morgan fingerprint density at radius 2 is 1.66 bits per heavy atom. The largest absolute Gasteiger partial charge is 1.00 e. The summed E-state index contributed by atoms with van der Waals surface area (Å²) in [6, 6.07) is 5.72. The van der Waals surface area contributed by atoms with E-state index in [0.717, 1.165) is 79.1 Å². The molecule has 3 aliphatic heterocycles. The molecule has 0 bridgehead atoms. The van der Waals surface area contributed by atoms with Crippen LogP contribution in [-0.2, 0) is 19.1 Å². The van der Waals surface area contributed by atoms with Crippen molar-refractivity contribution in [3.05, 3.63) is 51.6 Å². The number of carbonyl (C=O) groups excluding carboxylic acids is 3. The predicted octanol–water partition coefficient (Wildman–Crippen LogP) is 4.21. The summed E-state index contributed by atoms with van der Waals surface area (Å²) in [5.41, 5.74) is 5.14. The predicted molar refractivity (Wildman–Crippen MR) is 233 cm³/mol. The number of anilines is 1. The molecule has 4 heterocycles. The molecule has 58 heavy (non-hydrogen) atoms. The molecule has 2 aromatic rings. The van der Waals surface area contributed by atoms with Gasteiger partial charge in [0, 0.05) is 44.7 Å². The van der Waals surface area contributed by atoms with Gasteiger partial charge >= 0.3 is 51.4 Å². The zero-order chi connectivity index (χ0) is 41.5. The van der Waals surface area contributed by atoms with Crippen molar-refractivity contribution < 1.29 is 75.2 Å². The Labute approximate surface area is 393 Å². The number of hydrogen-bond acceptors (Lipinski definition) is 8. The van der Waals surface area contributed by atoms with Crippen molar-refractivity contribution in [2.45, 2.75) is 122 Å². The zero-order valence-corrected chi connectivity index (χ0v) is 40.4. The Bertz CT molecular complexity index is 1660. The number of methoxy groups -OCH3 is 1. The molecular weight excluding hydrogens is 780 g/mol. The number of H-pyrrole nitrogens is 1. The number of rotatable bonds is 3. The molecule has 0 radical (unpaired) electrons. The third-order valence-corrected chi connectivity index (χ3v) is 12.9. The maximum absolute atomic E-state index is 12.6. The fourth-order valence-electron chi connectivity index (χ4n) is 8.16. The van der Waals surface area contributed by atoms with E-state index < -0.39 is 0 Å². The van der Waals surface area contributed by atoms with Gasteiger partial charge in [-0.1, -0.05) is 39.8 Å². The van der Waals surface area contributed by atoms with Gasteiger partial charge in [-0.15, -0.1) is 0 Å². The second-order valence-corrected chi connectivity index (χ2v) is 18.0. The minimum Gasteiger partial charge on any atom is -0.609 e. The molecule has 8 rings (SSSR count). The van der Waals surface area contributed by atoms with E-state index in [9.17, 15) is 14.4 Å². The van der Waals surface area contributed by atoms with Gasteiger partial charge in [-0.2, -0.15) is 7.05 Å². The summed E-state index contributed by atoms with van der Waals surface area (Å²) < 4.78 is 14.8. The first-order valence-electron chi connectivity index (χ1n) is 21.1. The van der Waals surface area contributed by atoms with Crippen LogP contribution >= 0.6 is 11.9 Å². The van der Waals surface area contributed by atoms with Gasteiger partial charge in [0.1, 0.15) is 12.6 Å². The molecule has 12 nitrogen and oxygen atoms in total. The van der Waals surface area contributed by atoms with Crippen molar-refractivity contribution >= 4 is 46.6 Å². The molecule has 1 aromatic heterocycles. The number of aromatic amines is 1. The number of benzene rings is 1.